The molecule has 20 heavy (non-hydrogen) atoms. The molecule has 1 aromatic carbocycles. The van der Waals surface area contributed by atoms with E-state index in [1.165, 1.54) is 10.5 Å². The van der Waals surface area contributed by atoms with Crippen molar-refractivity contribution in [2.75, 3.05) is 6.54 Å². The molecule has 1 heterocycles. The van der Waals surface area contributed by atoms with Crippen LogP contribution >= 0.6 is 0 Å². The Kier molecular flexibility index (Phi) is 4.90. The first kappa shape index (κ1) is 14.7. The number of likely N-dealkylation sites (N-methyl/N-ethyl adjacent to an activating group) is 1. The van der Waals surface area contributed by atoms with E-state index in [0.717, 1.165) is 12.8 Å². The van der Waals surface area contributed by atoms with Gasteiger partial charge in [-0.15, -0.1) is 0 Å². The smallest absolute Gasteiger partial charge is 0.246 e. The lowest BCUT2D eigenvalue weighted by molar-refractivity contribution is -0.138. The van der Waals surface area contributed by atoms with Crippen molar-refractivity contribution in [1.82, 2.24) is 10.2 Å². The van der Waals surface area contributed by atoms with E-state index in [4.69, 9.17) is 0 Å². The molecule has 1 fully saturated rings. The first-order valence-corrected chi connectivity index (χ1v) is 7.26. The lowest BCUT2D eigenvalue weighted by Gasteiger charge is -2.18. The average Bonchev–Trinajstić information content (AvgIpc) is 2.72. The van der Waals surface area contributed by atoms with Gasteiger partial charge in [-0.25, -0.2) is 0 Å². The van der Waals surface area contributed by atoms with Crippen molar-refractivity contribution < 1.29 is 9.59 Å². The molecule has 1 N–H and O–H groups in total. The van der Waals surface area contributed by atoms with Crippen LogP contribution in [0.5, 0.6) is 0 Å². The molecule has 0 aliphatic carbocycles. The Morgan fingerprint density at radius 1 is 1.30 bits per heavy atom. The van der Waals surface area contributed by atoms with Gasteiger partial charge < -0.3 is 5.32 Å². The zero-order valence-electron chi connectivity index (χ0n) is 12.1. The van der Waals surface area contributed by atoms with Gasteiger partial charge in [0.05, 0.1) is 12.5 Å². The molecule has 0 aromatic heterocycles. The molecule has 0 bridgehead atoms. The number of rotatable bonds is 6. The van der Waals surface area contributed by atoms with Crippen molar-refractivity contribution in [3.63, 3.8) is 0 Å². The fraction of sp³-hybridized carbons (Fsp3) is 0.500. The summed E-state index contributed by atoms with van der Waals surface area (Å²) >= 11 is 0. The topological polar surface area (TPSA) is 49.4 Å². The lowest BCUT2D eigenvalue weighted by atomic mass is 10.1. The molecule has 2 rings (SSSR count). The van der Waals surface area contributed by atoms with Gasteiger partial charge in [-0.3, -0.25) is 14.5 Å². The van der Waals surface area contributed by atoms with Crippen LogP contribution in [0.25, 0.3) is 0 Å². The predicted molar refractivity (Wildman–Crippen MR) is 78.2 cm³/mol. The third-order valence-electron chi connectivity index (χ3n) is 3.75. The van der Waals surface area contributed by atoms with Gasteiger partial charge >= 0.3 is 0 Å². The normalized spacial score (nSPS) is 20.5. The van der Waals surface area contributed by atoms with Gasteiger partial charge in [-0.2, -0.15) is 0 Å². The number of nitrogens with zero attached hydrogens (tertiary/aromatic N) is 1. The lowest BCUT2D eigenvalue weighted by Crippen LogP contribution is -2.42. The third-order valence-corrected chi connectivity index (χ3v) is 3.75. The predicted octanol–water partition coefficient (Wildman–Crippen LogP) is 1.74. The summed E-state index contributed by atoms with van der Waals surface area (Å²) in [4.78, 5) is 25.0. The van der Waals surface area contributed by atoms with E-state index in [1.54, 1.807) is 0 Å². The number of carbonyl (C=O) groups is 2. The number of amides is 2. The summed E-state index contributed by atoms with van der Waals surface area (Å²) in [5.41, 5.74) is 1.30. The molecule has 2 atom stereocenters. The molecule has 2 unspecified atom stereocenters. The van der Waals surface area contributed by atoms with Crippen LogP contribution in [0.15, 0.2) is 30.3 Å². The van der Waals surface area contributed by atoms with Crippen LogP contribution in [0.3, 0.4) is 0 Å². The Hall–Kier alpha value is -1.68. The molecule has 0 radical (unpaired) electrons. The van der Waals surface area contributed by atoms with Crippen LogP contribution < -0.4 is 5.32 Å². The maximum absolute atomic E-state index is 12.0. The van der Waals surface area contributed by atoms with Gasteiger partial charge in [-0.1, -0.05) is 30.3 Å². The Labute approximate surface area is 120 Å². The number of carbonyl (C=O) groups excluding carboxylic acids is 2. The summed E-state index contributed by atoms with van der Waals surface area (Å²) in [7, 11) is 0. The van der Waals surface area contributed by atoms with Gasteiger partial charge in [0, 0.05) is 12.6 Å². The van der Waals surface area contributed by atoms with Crippen molar-refractivity contribution in [2.45, 2.75) is 45.2 Å². The van der Waals surface area contributed by atoms with E-state index in [9.17, 15) is 9.59 Å². The number of aryl methyl sites for hydroxylation is 1. The van der Waals surface area contributed by atoms with Crippen LogP contribution in [-0.2, 0) is 16.0 Å². The first-order valence-electron chi connectivity index (χ1n) is 7.26. The standard InChI is InChI=1S/C16H22N2O2/c1-3-18-15(19)11-14(16(18)20)17-12(2)9-10-13-7-5-4-6-8-13/h4-8,12,14,17H,3,9-11H2,1-2H3. The van der Waals surface area contributed by atoms with Crippen molar-refractivity contribution in [3.05, 3.63) is 35.9 Å². The molecule has 1 saturated heterocycles. The highest BCUT2D eigenvalue weighted by Gasteiger charge is 2.37. The SMILES string of the molecule is CCN1C(=O)CC(NC(C)CCc2ccccc2)C1=O. The van der Waals surface area contributed by atoms with E-state index in [-0.39, 0.29) is 23.9 Å². The molecule has 1 aromatic rings. The number of imide groups is 1. The number of hydrogen-bond donors (Lipinski definition) is 1. The van der Waals surface area contributed by atoms with Crippen molar-refractivity contribution in [1.29, 1.82) is 0 Å². The van der Waals surface area contributed by atoms with Crippen LogP contribution in [0.2, 0.25) is 0 Å². The maximum Gasteiger partial charge on any atom is 0.246 e. The highest BCUT2D eigenvalue weighted by atomic mass is 16.2. The van der Waals surface area contributed by atoms with Gasteiger partial charge in [0.2, 0.25) is 11.8 Å². The highest BCUT2D eigenvalue weighted by molar-refractivity contribution is 6.05. The zero-order chi connectivity index (χ0) is 14.5. The quantitative estimate of drug-likeness (QED) is 0.804. The second-order valence-corrected chi connectivity index (χ2v) is 5.32. The monoisotopic (exact) mass is 274 g/mol. The first-order chi connectivity index (χ1) is 9.61. The second kappa shape index (κ2) is 6.66. The Morgan fingerprint density at radius 2 is 2.00 bits per heavy atom. The van der Waals surface area contributed by atoms with Gasteiger partial charge in [0.1, 0.15) is 0 Å². The van der Waals surface area contributed by atoms with E-state index in [0.29, 0.717) is 13.0 Å². The molecular formula is C16H22N2O2. The summed E-state index contributed by atoms with van der Waals surface area (Å²) in [6.45, 7) is 4.36. The number of nitrogens with one attached hydrogen (secondary N) is 1. The fourth-order valence-corrected chi connectivity index (χ4v) is 2.60. The molecule has 4 nitrogen and oxygen atoms in total. The number of likely N-dealkylation sites (tertiary alicyclic amines) is 1. The van der Waals surface area contributed by atoms with Crippen LogP contribution in [0.1, 0.15) is 32.3 Å². The molecule has 0 spiro atoms. The largest absolute Gasteiger partial charge is 0.303 e. The third kappa shape index (κ3) is 3.45. The van der Waals surface area contributed by atoms with E-state index >= 15 is 0 Å². The van der Waals surface area contributed by atoms with Crippen LogP contribution in [0, 0.1) is 0 Å². The van der Waals surface area contributed by atoms with E-state index in [2.05, 4.69) is 24.4 Å². The molecule has 4 heteroatoms. The Bertz CT molecular complexity index is 473. The minimum atomic E-state index is -0.340. The van der Waals surface area contributed by atoms with Crippen LogP contribution in [-0.4, -0.2) is 35.3 Å². The molecule has 108 valence electrons. The number of benzene rings is 1. The molecule has 1 aliphatic heterocycles. The molecule has 0 saturated carbocycles. The summed E-state index contributed by atoms with van der Waals surface area (Å²) in [5, 5.41) is 3.28. The second-order valence-electron chi connectivity index (χ2n) is 5.32. The average molecular weight is 274 g/mol. The van der Waals surface area contributed by atoms with Crippen molar-refractivity contribution in [2.24, 2.45) is 0 Å². The van der Waals surface area contributed by atoms with Crippen LogP contribution in [0.4, 0.5) is 0 Å². The summed E-state index contributed by atoms with van der Waals surface area (Å²) in [5.74, 6) is -0.144. The maximum atomic E-state index is 12.0. The van der Waals surface area contributed by atoms with Crippen molar-refractivity contribution >= 4 is 11.8 Å². The number of hydrogen-bond acceptors (Lipinski definition) is 3. The molecule has 2 amide bonds. The minimum absolute atomic E-state index is 0.0646. The van der Waals surface area contributed by atoms with Crippen molar-refractivity contribution in [3.8, 4) is 0 Å². The minimum Gasteiger partial charge on any atom is -0.303 e. The molecule has 1 aliphatic rings. The van der Waals surface area contributed by atoms with Gasteiger partial charge in [-0.05, 0) is 32.3 Å². The summed E-state index contributed by atoms with van der Waals surface area (Å²) in [6, 6.07) is 10.2. The van der Waals surface area contributed by atoms with Gasteiger partial charge in [0.15, 0.2) is 0 Å². The van der Waals surface area contributed by atoms with E-state index in [1.807, 2.05) is 25.1 Å². The summed E-state index contributed by atoms with van der Waals surface area (Å²) in [6.07, 6.45) is 2.22. The summed E-state index contributed by atoms with van der Waals surface area (Å²) < 4.78 is 0. The fourth-order valence-electron chi connectivity index (χ4n) is 2.60. The van der Waals surface area contributed by atoms with E-state index < -0.39 is 0 Å². The zero-order valence-corrected chi connectivity index (χ0v) is 12.1. The van der Waals surface area contributed by atoms with Gasteiger partial charge in [0.25, 0.3) is 0 Å². The molecular weight excluding hydrogens is 252 g/mol. The Morgan fingerprint density at radius 3 is 2.60 bits per heavy atom. The Balaban J connectivity index is 1.82. The highest BCUT2D eigenvalue weighted by Crippen LogP contribution is 2.14.